The summed E-state index contributed by atoms with van der Waals surface area (Å²) in [7, 11) is 0. The van der Waals surface area contributed by atoms with Crippen molar-refractivity contribution in [2.45, 2.75) is 52.6 Å². The van der Waals surface area contributed by atoms with E-state index in [9.17, 15) is 14.7 Å². The Labute approximate surface area is 162 Å². The van der Waals surface area contributed by atoms with Crippen LogP contribution in [0.2, 0.25) is 0 Å². The molecule has 0 aliphatic rings. The van der Waals surface area contributed by atoms with E-state index < -0.39 is 17.7 Å². The molecule has 8 heteroatoms. The van der Waals surface area contributed by atoms with Crippen molar-refractivity contribution >= 4 is 17.0 Å². The second-order valence-electron chi connectivity index (χ2n) is 7.79. The Kier molecular flexibility index (Phi) is 4.97. The molecule has 3 aromatic rings. The zero-order valence-electron chi connectivity index (χ0n) is 16.7. The van der Waals surface area contributed by atoms with Crippen molar-refractivity contribution in [3.05, 3.63) is 52.3 Å². The van der Waals surface area contributed by atoms with Gasteiger partial charge in [-0.15, -0.1) is 0 Å². The van der Waals surface area contributed by atoms with Gasteiger partial charge in [-0.25, -0.2) is 9.78 Å². The topological polar surface area (TPSA) is 104 Å². The zero-order chi connectivity index (χ0) is 20.6. The van der Waals surface area contributed by atoms with E-state index >= 15 is 0 Å². The van der Waals surface area contributed by atoms with Gasteiger partial charge in [-0.1, -0.05) is 19.1 Å². The summed E-state index contributed by atoms with van der Waals surface area (Å²) >= 11 is 0. The number of hydrogen-bond acceptors (Lipinski definition) is 4. The van der Waals surface area contributed by atoms with Crippen molar-refractivity contribution in [1.82, 2.24) is 24.6 Å². The molecule has 0 aliphatic carbocycles. The molecule has 0 spiro atoms. The number of aromatic amines is 1. The van der Waals surface area contributed by atoms with E-state index in [0.717, 1.165) is 5.56 Å². The maximum Gasteiger partial charge on any atom is 0.408 e. The van der Waals surface area contributed by atoms with Gasteiger partial charge in [-0.3, -0.25) is 19.4 Å². The summed E-state index contributed by atoms with van der Waals surface area (Å²) in [5, 5.41) is 17.1. The van der Waals surface area contributed by atoms with E-state index in [1.165, 1.54) is 15.7 Å². The maximum absolute atomic E-state index is 13.4. The molecule has 0 unspecified atom stereocenters. The lowest BCUT2D eigenvalue weighted by atomic mass is 10.0. The Bertz CT molecular complexity index is 1060. The molecule has 2 aromatic heterocycles. The molecule has 0 aliphatic heterocycles. The molecular weight excluding hydrogens is 358 g/mol. The SMILES string of the molecule is CC[C@@H](c1nc2c(C)cccc2c(=O)n1-c1cn[nH]c1)N(C(=O)O)C(C)(C)C. The molecule has 0 saturated carbocycles. The summed E-state index contributed by atoms with van der Waals surface area (Å²) in [5.74, 6) is 0.382. The minimum Gasteiger partial charge on any atom is -0.465 e. The molecule has 8 nitrogen and oxygen atoms in total. The van der Waals surface area contributed by atoms with Crippen molar-refractivity contribution in [2.75, 3.05) is 0 Å². The van der Waals surface area contributed by atoms with Crippen molar-refractivity contribution in [1.29, 1.82) is 0 Å². The fourth-order valence-corrected chi connectivity index (χ4v) is 3.58. The normalized spacial score (nSPS) is 12.9. The minimum atomic E-state index is -1.06. The van der Waals surface area contributed by atoms with Gasteiger partial charge in [0.25, 0.3) is 5.56 Å². The number of aromatic nitrogens is 4. The Balaban J connectivity index is 2.41. The fourth-order valence-electron chi connectivity index (χ4n) is 3.58. The Hall–Kier alpha value is -3.16. The molecular formula is C20H25N5O3. The zero-order valence-corrected chi connectivity index (χ0v) is 16.7. The van der Waals surface area contributed by atoms with Crippen LogP contribution in [0.5, 0.6) is 0 Å². The minimum absolute atomic E-state index is 0.247. The highest BCUT2D eigenvalue weighted by Crippen LogP contribution is 2.31. The van der Waals surface area contributed by atoms with Crippen LogP contribution in [-0.4, -0.2) is 41.4 Å². The first-order valence-corrected chi connectivity index (χ1v) is 9.20. The van der Waals surface area contributed by atoms with E-state index in [-0.39, 0.29) is 5.56 Å². The van der Waals surface area contributed by atoms with Crippen LogP contribution in [0.1, 0.15) is 51.5 Å². The highest BCUT2D eigenvalue weighted by molar-refractivity contribution is 5.81. The summed E-state index contributed by atoms with van der Waals surface area (Å²) in [6.07, 6.45) is 2.54. The molecule has 1 atom stereocenters. The summed E-state index contributed by atoms with van der Waals surface area (Å²) in [6.45, 7) is 9.27. The standard InChI is InChI=1S/C20H25N5O3/c1-6-15(25(19(27)28)20(3,4)5)17-23-16-12(2)8-7-9-14(16)18(26)24(17)13-10-21-22-11-13/h7-11,15H,6H2,1-5H3,(H,21,22)(H,27,28)/t15-/m0/s1. The highest BCUT2D eigenvalue weighted by atomic mass is 16.4. The van der Waals surface area contributed by atoms with Crippen LogP contribution < -0.4 is 5.56 Å². The van der Waals surface area contributed by atoms with Gasteiger partial charge >= 0.3 is 6.09 Å². The van der Waals surface area contributed by atoms with Crippen molar-refractivity contribution in [3.63, 3.8) is 0 Å². The van der Waals surface area contributed by atoms with Crippen LogP contribution in [0.25, 0.3) is 16.6 Å². The third kappa shape index (κ3) is 3.26. The average molecular weight is 383 g/mol. The van der Waals surface area contributed by atoms with Gasteiger partial charge in [0.1, 0.15) is 5.82 Å². The van der Waals surface area contributed by atoms with E-state index in [4.69, 9.17) is 4.98 Å². The first-order chi connectivity index (χ1) is 13.2. The predicted octanol–water partition coefficient (Wildman–Crippen LogP) is 3.65. The van der Waals surface area contributed by atoms with Crippen molar-refractivity contribution < 1.29 is 9.90 Å². The molecule has 1 amide bonds. The Morgan fingerprint density at radius 2 is 2.07 bits per heavy atom. The number of hydrogen-bond donors (Lipinski definition) is 2. The number of rotatable bonds is 4. The average Bonchev–Trinajstić information content (AvgIpc) is 3.12. The lowest BCUT2D eigenvalue weighted by molar-refractivity contribution is 0.0646. The van der Waals surface area contributed by atoms with Crippen LogP contribution in [0.3, 0.4) is 0 Å². The molecule has 0 saturated heterocycles. The number of nitrogens with one attached hydrogen (secondary N) is 1. The van der Waals surface area contributed by atoms with Crippen molar-refractivity contribution in [2.24, 2.45) is 0 Å². The molecule has 0 fully saturated rings. The summed E-state index contributed by atoms with van der Waals surface area (Å²) in [5.41, 5.74) is 1.05. The maximum atomic E-state index is 13.4. The highest BCUT2D eigenvalue weighted by Gasteiger charge is 2.36. The largest absolute Gasteiger partial charge is 0.465 e. The Morgan fingerprint density at radius 1 is 1.36 bits per heavy atom. The van der Waals surface area contributed by atoms with Crippen LogP contribution in [0.15, 0.2) is 35.4 Å². The van der Waals surface area contributed by atoms with Gasteiger partial charge in [0.05, 0.1) is 28.8 Å². The molecule has 3 rings (SSSR count). The smallest absolute Gasteiger partial charge is 0.408 e. The first kappa shape index (κ1) is 19.6. The third-order valence-electron chi connectivity index (χ3n) is 4.79. The van der Waals surface area contributed by atoms with E-state index in [1.54, 1.807) is 12.3 Å². The number of aryl methyl sites for hydroxylation is 1. The van der Waals surface area contributed by atoms with Gasteiger partial charge in [-0.05, 0) is 45.7 Å². The Morgan fingerprint density at radius 3 is 2.61 bits per heavy atom. The van der Waals surface area contributed by atoms with E-state index in [0.29, 0.717) is 28.8 Å². The molecule has 1 aromatic carbocycles. The number of amides is 1. The van der Waals surface area contributed by atoms with Gasteiger partial charge in [-0.2, -0.15) is 5.10 Å². The molecule has 148 valence electrons. The summed E-state index contributed by atoms with van der Waals surface area (Å²) in [6, 6.07) is 4.83. The number of carbonyl (C=O) groups is 1. The molecule has 0 bridgehead atoms. The number of fused-ring (bicyclic) bond motifs is 1. The van der Waals surface area contributed by atoms with Gasteiger partial charge < -0.3 is 5.11 Å². The van der Waals surface area contributed by atoms with Crippen LogP contribution in [0, 0.1) is 6.92 Å². The second-order valence-corrected chi connectivity index (χ2v) is 7.79. The number of carboxylic acid groups (broad SMARTS) is 1. The van der Waals surface area contributed by atoms with Gasteiger partial charge in [0.15, 0.2) is 0 Å². The molecule has 2 N–H and O–H groups in total. The van der Waals surface area contributed by atoms with Crippen LogP contribution >= 0.6 is 0 Å². The predicted molar refractivity (Wildman–Crippen MR) is 107 cm³/mol. The van der Waals surface area contributed by atoms with E-state index in [2.05, 4.69) is 10.2 Å². The number of para-hydroxylation sites is 1. The summed E-state index contributed by atoms with van der Waals surface area (Å²) in [4.78, 5) is 31.7. The fraction of sp³-hybridized carbons (Fsp3) is 0.400. The lowest BCUT2D eigenvalue weighted by Gasteiger charge is -2.39. The number of nitrogens with zero attached hydrogens (tertiary/aromatic N) is 4. The second kappa shape index (κ2) is 7.10. The lowest BCUT2D eigenvalue weighted by Crippen LogP contribution is -2.48. The third-order valence-corrected chi connectivity index (χ3v) is 4.79. The first-order valence-electron chi connectivity index (χ1n) is 9.20. The van der Waals surface area contributed by atoms with Gasteiger partial charge in [0.2, 0.25) is 0 Å². The monoisotopic (exact) mass is 383 g/mol. The summed E-state index contributed by atoms with van der Waals surface area (Å²) < 4.78 is 1.46. The van der Waals surface area contributed by atoms with Gasteiger partial charge in [0, 0.05) is 11.7 Å². The van der Waals surface area contributed by atoms with Crippen LogP contribution in [0.4, 0.5) is 4.79 Å². The molecule has 0 radical (unpaired) electrons. The van der Waals surface area contributed by atoms with E-state index in [1.807, 2.05) is 46.8 Å². The van der Waals surface area contributed by atoms with Crippen LogP contribution in [-0.2, 0) is 0 Å². The van der Waals surface area contributed by atoms with Crippen molar-refractivity contribution in [3.8, 4) is 5.69 Å². The number of H-pyrrole nitrogens is 1. The number of benzene rings is 1. The molecule has 28 heavy (non-hydrogen) atoms. The quantitative estimate of drug-likeness (QED) is 0.716. The molecule has 2 heterocycles.